The van der Waals surface area contributed by atoms with Gasteiger partial charge in [0.25, 0.3) is 0 Å². The van der Waals surface area contributed by atoms with Gasteiger partial charge >= 0.3 is 0 Å². The fraction of sp³-hybridized carbons (Fsp3) is 0.400. The van der Waals surface area contributed by atoms with Gasteiger partial charge in [-0.15, -0.1) is 23.2 Å². The number of hydrogen-bond donors (Lipinski definition) is 0. The molecule has 0 heterocycles. The van der Waals surface area contributed by atoms with Crippen LogP contribution in [0.15, 0.2) is 12.2 Å². The average molecular weight is 201 g/mol. The first-order chi connectivity index (χ1) is 5.91. The summed E-state index contributed by atoms with van der Waals surface area (Å²) in [5, 5.41) is 0. The molecule has 0 N–H and O–H groups in total. The molecule has 0 atom stereocenters. The molecule has 64 valence electrons. The number of halogens is 2. The Morgan fingerprint density at radius 1 is 0.833 bits per heavy atom. The zero-order valence-corrected chi connectivity index (χ0v) is 8.25. The van der Waals surface area contributed by atoms with Gasteiger partial charge < -0.3 is 0 Å². The van der Waals surface area contributed by atoms with E-state index < -0.39 is 0 Å². The largest absolute Gasteiger partial charge is 0.126 e. The van der Waals surface area contributed by atoms with Crippen LogP contribution in [0.3, 0.4) is 0 Å². The Hall–Kier alpha value is -0.560. The molecule has 0 fully saturated rings. The van der Waals surface area contributed by atoms with E-state index in [4.69, 9.17) is 23.2 Å². The summed E-state index contributed by atoms with van der Waals surface area (Å²) in [6.07, 6.45) is 4.88. The highest BCUT2D eigenvalue weighted by Gasteiger charge is 1.69. The summed E-state index contributed by atoms with van der Waals surface area (Å²) in [6, 6.07) is 0. The van der Waals surface area contributed by atoms with E-state index in [1.54, 1.807) is 12.2 Å². The summed E-state index contributed by atoms with van der Waals surface area (Å²) in [7, 11) is 0. The second-order valence-corrected chi connectivity index (χ2v) is 2.61. The van der Waals surface area contributed by atoms with E-state index >= 15 is 0 Å². The molecule has 0 unspecified atom stereocenters. The van der Waals surface area contributed by atoms with Crippen LogP contribution in [0.1, 0.15) is 12.8 Å². The molecular weight excluding hydrogens is 191 g/mol. The van der Waals surface area contributed by atoms with Gasteiger partial charge in [0.1, 0.15) is 0 Å². The molecule has 2 heteroatoms. The van der Waals surface area contributed by atoms with Crippen molar-refractivity contribution in [2.75, 3.05) is 11.8 Å². The van der Waals surface area contributed by atoms with Gasteiger partial charge in [-0.25, -0.2) is 0 Å². The third kappa shape index (κ3) is 9.44. The molecule has 0 nitrogen and oxygen atoms in total. The lowest BCUT2D eigenvalue weighted by Gasteiger charge is -1.73. The van der Waals surface area contributed by atoms with Crippen LogP contribution in [0.4, 0.5) is 0 Å². The molecule has 0 aliphatic rings. The van der Waals surface area contributed by atoms with Crippen LogP contribution in [0.5, 0.6) is 0 Å². The number of alkyl halides is 2. The second kappa shape index (κ2) is 10.4. The minimum atomic E-state index is 0.582. The van der Waals surface area contributed by atoms with Gasteiger partial charge in [0.2, 0.25) is 0 Å². The number of rotatable bonds is 2. The van der Waals surface area contributed by atoms with Gasteiger partial charge in [0.05, 0.1) is 0 Å². The standard InChI is InChI=1S/C10H10Cl2/c11-9-7-5-3-1-2-4-6-8-10-12/h1-2H,7-10H2/b2-1-. The molecule has 12 heavy (non-hydrogen) atoms. The first-order valence-corrected chi connectivity index (χ1v) is 4.72. The van der Waals surface area contributed by atoms with E-state index in [-0.39, 0.29) is 0 Å². The summed E-state index contributed by atoms with van der Waals surface area (Å²) in [5.41, 5.74) is 0. The van der Waals surface area contributed by atoms with E-state index in [0.29, 0.717) is 11.8 Å². The van der Waals surface area contributed by atoms with Crippen molar-refractivity contribution in [2.45, 2.75) is 12.8 Å². The van der Waals surface area contributed by atoms with Crippen LogP contribution in [0.25, 0.3) is 0 Å². The lowest BCUT2D eigenvalue weighted by atomic mass is 10.4. The molecule has 0 aliphatic heterocycles. The zero-order valence-electron chi connectivity index (χ0n) is 6.74. The van der Waals surface area contributed by atoms with E-state index in [9.17, 15) is 0 Å². The summed E-state index contributed by atoms with van der Waals surface area (Å²) >= 11 is 10.8. The Morgan fingerprint density at radius 3 is 1.58 bits per heavy atom. The number of allylic oxidation sites excluding steroid dienone is 2. The molecule has 0 amide bonds. The molecule has 0 saturated carbocycles. The van der Waals surface area contributed by atoms with Gasteiger partial charge in [0.15, 0.2) is 0 Å². The normalized spacial score (nSPS) is 8.50. The smallest absolute Gasteiger partial charge is 0.0333 e. The predicted octanol–water partition coefficient (Wildman–Crippen LogP) is 2.81. The van der Waals surface area contributed by atoms with Gasteiger partial charge in [0, 0.05) is 24.6 Å². The van der Waals surface area contributed by atoms with Crippen LogP contribution in [-0.4, -0.2) is 11.8 Å². The summed E-state index contributed by atoms with van der Waals surface area (Å²) in [6.45, 7) is 0. The van der Waals surface area contributed by atoms with E-state index in [1.165, 1.54) is 0 Å². The van der Waals surface area contributed by atoms with Crippen molar-refractivity contribution in [3.8, 4) is 23.7 Å². The summed E-state index contributed by atoms with van der Waals surface area (Å²) in [5.74, 6) is 12.5. The molecule has 0 aliphatic carbocycles. The molecule has 0 bridgehead atoms. The summed E-state index contributed by atoms with van der Waals surface area (Å²) < 4.78 is 0. The van der Waals surface area contributed by atoms with Crippen molar-refractivity contribution >= 4 is 23.2 Å². The predicted molar refractivity (Wildman–Crippen MR) is 55.4 cm³/mol. The molecular formula is C10H10Cl2. The van der Waals surface area contributed by atoms with Crippen LogP contribution >= 0.6 is 23.2 Å². The van der Waals surface area contributed by atoms with E-state index in [0.717, 1.165) is 12.8 Å². The zero-order chi connectivity index (χ0) is 9.07. The maximum atomic E-state index is 5.41. The van der Waals surface area contributed by atoms with E-state index in [1.807, 2.05) is 0 Å². The van der Waals surface area contributed by atoms with Gasteiger partial charge in [-0.1, -0.05) is 23.7 Å². The summed E-state index contributed by atoms with van der Waals surface area (Å²) in [4.78, 5) is 0. The van der Waals surface area contributed by atoms with E-state index in [2.05, 4.69) is 23.7 Å². The van der Waals surface area contributed by atoms with Crippen LogP contribution < -0.4 is 0 Å². The molecule has 0 aromatic heterocycles. The van der Waals surface area contributed by atoms with Crippen molar-refractivity contribution in [2.24, 2.45) is 0 Å². The van der Waals surface area contributed by atoms with Crippen molar-refractivity contribution < 1.29 is 0 Å². The third-order valence-corrected chi connectivity index (χ3v) is 1.27. The first kappa shape index (κ1) is 11.4. The molecule has 0 aromatic rings. The van der Waals surface area contributed by atoms with Crippen LogP contribution in [0.2, 0.25) is 0 Å². The lowest BCUT2D eigenvalue weighted by Crippen LogP contribution is -1.65. The minimum Gasteiger partial charge on any atom is -0.126 e. The average Bonchev–Trinajstić information content (AvgIpc) is 2.10. The fourth-order valence-corrected chi connectivity index (χ4v) is 0.629. The molecule has 0 aromatic carbocycles. The van der Waals surface area contributed by atoms with Gasteiger partial charge in [-0.05, 0) is 12.2 Å². The third-order valence-electron chi connectivity index (χ3n) is 0.893. The Kier molecular flexibility index (Phi) is 9.95. The molecule has 0 radical (unpaired) electrons. The Labute approximate surface area is 83.9 Å². The van der Waals surface area contributed by atoms with Gasteiger partial charge in [-0.2, -0.15) is 0 Å². The highest BCUT2D eigenvalue weighted by Crippen LogP contribution is 1.81. The highest BCUT2D eigenvalue weighted by atomic mass is 35.5. The van der Waals surface area contributed by atoms with Crippen molar-refractivity contribution in [1.29, 1.82) is 0 Å². The van der Waals surface area contributed by atoms with Crippen molar-refractivity contribution in [3.63, 3.8) is 0 Å². The number of hydrogen-bond acceptors (Lipinski definition) is 0. The molecule has 0 saturated heterocycles. The second-order valence-electron chi connectivity index (χ2n) is 1.85. The first-order valence-electron chi connectivity index (χ1n) is 3.65. The fourth-order valence-electron chi connectivity index (χ4n) is 0.440. The topological polar surface area (TPSA) is 0 Å². The lowest BCUT2D eigenvalue weighted by molar-refractivity contribution is 1.29. The Balaban J connectivity index is 3.52. The minimum absolute atomic E-state index is 0.582. The van der Waals surface area contributed by atoms with Crippen molar-refractivity contribution in [1.82, 2.24) is 0 Å². The Bertz CT molecular complexity index is 206. The Morgan fingerprint density at radius 2 is 1.25 bits per heavy atom. The van der Waals surface area contributed by atoms with Crippen molar-refractivity contribution in [3.05, 3.63) is 12.2 Å². The SMILES string of the molecule is ClCCC#C/C=C\C#CCCCl. The van der Waals surface area contributed by atoms with Gasteiger partial charge in [-0.3, -0.25) is 0 Å². The highest BCUT2D eigenvalue weighted by molar-refractivity contribution is 6.18. The monoisotopic (exact) mass is 200 g/mol. The van der Waals surface area contributed by atoms with Crippen LogP contribution in [-0.2, 0) is 0 Å². The maximum Gasteiger partial charge on any atom is 0.0333 e. The molecule has 0 rings (SSSR count). The molecule has 0 spiro atoms. The maximum absolute atomic E-state index is 5.41. The quantitative estimate of drug-likeness (QED) is 0.476. The van der Waals surface area contributed by atoms with Crippen LogP contribution in [0, 0.1) is 23.7 Å².